The van der Waals surface area contributed by atoms with Crippen molar-refractivity contribution in [3.05, 3.63) is 58.6 Å². The molecular formula is C14H7Cl2F3O. The minimum Gasteiger partial charge on any atom is -0.276 e. The first kappa shape index (κ1) is 14.9. The van der Waals surface area contributed by atoms with Gasteiger partial charge in [0.1, 0.15) is 0 Å². The van der Waals surface area contributed by atoms with Crippen LogP contribution in [-0.2, 0) is 6.18 Å². The molecule has 0 saturated carbocycles. The van der Waals surface area contributed by atoms with Crippen LogP contribution in [0.15, 0.2) is 42.5 Å². The molecule has 0 atom stereocenters. The van der Waals surface area contributed by atoms with Crippen molar-refractivity contribution in [1.82, 2.24) is 0 Å². The zero-order chi connectivity index (χ0) is 14.9. The number of benzene rings is 2. The van der Waals surface area contributed by atoms with E-state index in [1.807, 2.05) is 0 Å². The summed E-state index contributed by atoms with van der Waals surface area (Å²) in [5.74, 6) is 0. The summed E-state index contributed by atoms with van der Waals surface area (Å²) >= 11 is 11.4. The van der Waals surface area contributed by atoms with Gasteiger partial charge in [-0.05, 0) is 47.5 Å². The van der Waals surface area contributed by atoms with Gasteiger partial charge in [0, 0.05) is 16.1 Å². The lowest BCUT2D eigenvalue weighted by Gasteiger charge is -2.09. The van der Waals surface area contributed by atoms with Crippen LogP contribution in [0.2, 0.25) is 5.02 Å². The molecule has 0 saturated heterocycles. The van der Waals surface area contributed by atoms with Gasteiger partial charge in [-0.25, -0.2) is 0 Å². The zero-order valence-electron chi connectivity index (χ0n) is 9.84. The van der Waals surface area contributed by atoms with E-state index in [0.29, 0.717) is 16.1 Å². The monoisotopic (exact) mass is 318 g/mol. The van der Waals surface area contributed by atoms with Crippen LogP contribution in [0.1, 0.15) is 15.9 Å². The number of rotatable bonds is 2. The fourth-order valence-corrected chi connectivity index (χ4v) is 2.05. The van der Waals surface area contributed by atoms with Crippen LogP contribution in [0.4, 0.5) is 13.2 Å². The molecule has 0 heterocycles. The average Bonchev–Trinajstić information content (AvgIpc) is 2.38. The minimum absolute atomic E-state index is 0.228. The molecule has 0 amide bonds. The van der Waals surface area contributed by atoms with E-state index >= 15 is 0 Å². The summed E-state index contributed by atoms with van der Waals surface area (Å²) in [5.41, 5.74) is 0.405. The molecule has 0 unspecified atom stereocenters. The summed E-state index contributed by atoms with van der Waals surface area (Å²) in [7, 11) is 0. The maximum atomic E-state index is 12.5. The molecule has 104 valence electrons. The molecular weight excluding hydrogens is 312 g/mol. The predicted molar refractivity (Wildman–Crippen MR) is 72.1 cm³/mol. The Morgan fingerprint density at radius 3 is 2.10 bits per heavy atom. The van der Waals surface area contributed by atoms with Crippen LogP contribution in [0.25, 0.3) is 11.1 Å². The molecule has 0 spiro atoms. The van der Waals surface area contributed by atoms with Crippen LogP contribution in [0.5, 0.6) is 0 Å². The van der Waals surface area contributed by atoms with Gasteiger partial charge in [-0.2, -0.15) is 13.2 Å². The number of carbonyl (C=O) groups is 1. The molecule has 0 N–H and O–H groups in total. The molecule has 0 bridgehead atoms. The van der Waals surface area contributed by atoms with Gasteiger partial charge in [0.05, 0.1) is 5.56 Å². The standard InChI is InChI=1S/C14H7Cl2F3O/c15-12-6-3-9(13(16)20)7-11(12)8-1-4-10(5-2-8)14(17,18)19/h1-7H. The van der Waals surface area contributed by atoms with E-state index in [1.54, 1.807) is 0 Å². The first-order chi connectivity index (χ1) is 9.29. The molecule has 0 aliphatic carbocycles. The van der Waals surface area contributed by atoms with E-state index in [1.165, 1.54) is 30.3 Å². The highest BCUT2D eigenvalue weighted by Gasteiger charge is 2.30. The van der Waals surface area contributed by atoms with Gasteiger partial charge in [-0.3, -0.25) is 4.79 Å². The van der Waals surface area contributed by atoms with E-state index in [4.69, 9.17) is 23.2 Å². The molecule has 2 aromatic carbocycles. The van der Waals surface area contributed by atoms with Gasteiger partial charge in [0.2, 0.25) is 0 Å². The van der Waals surface area contributed by atoms with E-state index in [2.05, 4.69) is 0 Å². The fraction of sp³-hybridized carbons (Fsp3) is 0.0714. The first-order valence-electron chi connectivity index (χ1n) is 5.46. The Bertz CT molecular complexity index is 648. The van der Waals surface area contributed by atoms with Crippen molar-refractivity contribution in [3.63, 3.8) is 0 Å². The predicted octanol–water partition coefficient (Wildman–Crippen LogP) is 5.40. The van der Waals surface area contributed by atoms with Crippen molar-refractivity contribution in [1.29, 1.82) is 0 Å². The van der Waals surface area contributed by atoms with Gasteiger partial charge in [0.15, 0.2) is 0 Å². The first-order valence-corrected chi connectivity index (χ1v) is 6.21. The van der Waals surface area contributed by atoms with Crippen LogP contribution < -0.4 is 0 Å². The fourth-order valence-electron chi connectivity index (χ4n) is 1.71. The summed E-state index contributed by atoms with van der Waals surface area (Å²) in [6, 6.07) is 8.89. The molecule has 0 fully saturated rings. The van der Waals surface area contributed by atoms with E-state index < -0.39 is 17.0 Å². The van der Waals surface area contributed by atoms with Crippen LogP contribution in [0, 0.1) is 0 Å². The second-order valence-corrected chi connectivity index (χ2v) is 4.79. The largest absolute Gasteiger partial charge is 0.416 e. The molecule has 0 aliphatic heterocycles. The van der Waals surface area contributed by atoms with Crippen molar-refractivity contribution < 1.29 is 18.0 Å². The normalized spacial score (nSPS) is 11.4. The Morgan fingerprint density at radius 2 is 1.60 bits per heavy atom. The molecule has 0 radical (unpaired) electrons. The maximum Gasteiger partial charge on any atom is 0.416 e. The number of hydrogen-bond acceptors (Lipinski definition) is 1. The highest BCUT2D eigenvalue weighted by atomic mass is 35.5. The quantitative estimate of drug-likeness (QED) is 0.677. The van der Waals surface area contributed by atoms with Gasteiger partial charge >= 0.3 is 6.18 Å². The highest BCUT2D eigenvalue weighted by Crippen LogP contribution is 2.33. The maximum absolute atomic E-state index is 12.5. The SMILES string of the molecule is O=C(Cl)c1ccc(Cl)c(-c2ccc(C(F)(F)F)cc2)c1. The molecule has 2 rings (SSSR count). The molecule has 20 heavy (non-hydrogen) atoms. The summed E-state index contributed by atoms with van der Waals surface area (Å²) in [6.45, 7) is 0. The Balaban J connectivity index is 2.46. The van der Waals surface area contributed by atoms with Gasteiger partial charge in [-0.15, -0.1) is 0 Å². The summed E-state index contributed by atoms with van der Waals surface area (Å²) in [4.78, 5) is 11.1. The van der Waals surface area contributed by atoms with Crippen molar-refractivity contribution >= 4 is 28.4 Å². The Hall–Kier alpha value is -1.52. The smallest absolute Gasteiger partial charge is 0.276 e. The number of hydrogen-bond donors (Lipinski definition) is 0. The molecule has 0 aromatic heterocycles. The molecule has 6 heteroatoms. The van der Waals surface area contributed by atoms with Crippen molar-refractivity contribution in [2.24, 2.45) is 0 Å². The van der Waals surface area contributed by atoms with Gasteiger partial charge in [-0.1, -0.05) is 23.7 Å². The molecule has 2 aromatic rings. The molecule has 1 nitrogen and oxygen atoms in total. The summed E-state index contributed by atoms with van der Waals surface area (Å²) in [6.07, 6.45) is -4.39. The summed E-state index contributed by atoms with van der Waals surface area (Å²) in [5, 5.41) is -0.332. The van der Waals surface area contributed by atoms with Crippen molar-refractivity contribution in [3.8, 4) is 11.1 Å². The van der Waals surface area contributed by atoms with E-state index in [0.717, 1.165) is 12.1 Å². The Kier molecular flexibility index (Phi) is 4.06. The van der Waals surface area contributed by atoms with E-state index in [-0.39, 0.29) is 5.56 Å². The third kappa shape index (κ3) is 3.14. The lowest BCUT2D eigenvalue weighted by molar-refractivity contribution is -0.137. The van der Waals surface area contributed by atoms with Crippen molar-refractivity contribution in [2.75, 3.05) is 0 Å². The third-order valence-corrected chi connectivity index (χ3v) is 3.26. The van der Waals surface area contributed by atoms with E-state index in [9.17, 15) is 18.0 Å². The van der Waals surface area contributed by atoms with Crippen LogP contribution >= 0.6 is 23.2 Å². The lowest BCUT2D eigenvalue weighted by atomic mass is 10.0. The minimum atomic E-state index is -4.39. The number of alkyl halides is 3. The van der Waals surface area contributed by atoms with Crippen LogP contribution in [0.3, 0.4) is 0 Å². The third-order valence-electron chi connectivity index (χ3n) is 2.72. The second kappa shape index (κ2) is 5.46. The van der Waals surface area contributed by atoms with Crippen molar-refractivity contribution in [2.45, 2.75) is 6.18 Å². The van der Waals surface area contributed by atoms with Gasteiger partial charge < -0.3 is 0 Å². The molecule has 0 aliphatic rings. The lowest BCUT2D eigenvalue weighted by Crippen LogP contribution is -2.04. The Labute approximate surface area is 122 Å². The van der Waals surface area contributed by atoms with Crippen LogP contribution in [-0.4, -0.2) is 5.24 Å². The zero-order valence-corrected chi connectivity index (χ0v) is 11.4. The Morgan fingerprint density at radius 1 is 1.00 bits per heavy atom. The highest BCUT2D eigenvalue weighted by molar-refractivity contribution is 6.67. The second-order valence-electron chi connectivity index (χ2n) is 4.04. The topological polar surface area (TPSA) is 17.1 Å². The number of halogens is 5. The summed E-state index contributed by atoms with van der Waals surface area (Å²) < 4.78 is 37.4. The number of carbonyl (C=O) groups excluding carboxylic acids is 1. The average molecular weight is 319 g/mol. The van der Waals surface area contributed by atoms with Gasteiger partial charge in [0.25, 0.3) is 5.24 Å².